The Hall–Kier alpha value is -1.55. The highest BCUT2D eigenvalue weighted by Crippen LogP contribution is 2.19. The van der Waals surface area contributed by atoms with Crippen LogP contribution in [-0.2, 0) is 6.54 Å². The second kappa shape index (κ2) is 8.79. The van der Waals surface area contributed by atoms with E-state index < -0.39 is 0 Å². The molecule has 0 atom stereocenters. The van der Waals surface area contributed by atoms with Crippen LogP contribution in [0.1, 0.15) is 5.69 Å². The summed E-state index contributed by atoms with van der Waals surface area (Å²) in [6, 6.07) is 7.52. The van der Waals surface area contributed by atoms with Crippen molar-refractivity contribution in [1.29, 1.82) is 0 Å². The molecule has 2 aromatic rings. The van der Waals surface area contributed by atoms with Crippen LogP contribution in [0.5, 0.6) is 5.75 Å². The molecule has 0 spiro atoms. The number of nitrogens with zero attached hydrogens (tertiary/aromatic N) is 3. The van der Waals surface area contributed by atoms with E-state index in [4.69, 9.17) is 10.5 Å². The summed E-state index contributed by atoms with van der Waals surface area (Å²) in [5, 5.41) is 5.97. The van der Waals surface area contributed by atoms with Gasteiger partial charge in [-0.3, -0.25) is 0 Å². The fourth-order valence-corrected chi connectivity index (χ4v) is 2.38. The SMILES string of the molecule is COc1cccc(NC(N)=NCc2csc(N(C)C)n2)c1.I. The number of anilines is 2. The molecule has 120 valence electrons. The summed E-state index contributed by atoms with van der Waals surface area (Å²) >= 11 is 1.59. The van der Waals surface area contributed by atoms with E-state index >= 15 is 0 Å². The van der Waals surface area contributed by atoms with Crippen LogP contribution in [0.25, 0.3) is 0 Å². The van der Waals surface area contributed by atoms with E-state index in [1.54, 1.807) is 18.4 Å². The van der Waals surface area contributed by atoms with Gasteiger partial charge >= 0.3 is 0 Å². The predicted molar refractivity (Wildman–Crippen MR) is 104 cm³/mol. The van der Waals surface area contributed by atoms with E-state index in [1.807, 2.05) is 48.6 Å². The number of thiazole rings is 1. The summed E-state index contributed by atoms with van der Waals surface area (Å²) in [7, 11) is 5.55. The number of nitrogens with two attached hydrogens (primary N) is 1. The van der Waals surface area contributed by atoms with E-state index in [0.29, 0.717) is 12.5 Å². The average molecular weight is 433 g/mol. The van der Waals surface area contributed by atoms with E-state index in [9.17, 15) is 0 Å². The first kappa shape index (κ1) is 18.5. The van der Waals surface area contributed by atoms with Crippen LogP contribution in [0, 0.1) is 0 Å². The van der Waals surface area contributed by atoms with Crippen molar-refractivity contribution < 1.29 is 4.74 Å². The smallest absolute Gasteiger partial charge is 0.193 e. The Labute approximate surface area is 151 Å². The highest BCUT2D eigenvalue weighted by atomic mass is 127. The van der Waals surface area contributed by atoms with Crippen molar-refractivity contribution in [1.82, 2.24) is 4.98 Å². The number of aliphatic imine (C=N–C) groups is 1. The second-order valence-electron chi connectivity index (χ2n) is 4.57. The number of ether oxygens (including phenoxy) is 1. The van der Waals surface area contributed by atoms with Crippen molar-refractivity contribution in [3.63, 3.8) is 0 Å². The van der Waals surface area contributed by atoms with Crippen LogP contribution in [0.3, 0.4) is 0 Å². The Morgan fingerprint density at radius 3 is 2.86 bits per heavy atom. The number of hydrogen-bond acceptors (Lipinski definition) is 5. The highest BCUT2D eigenvalue weighted by Gasteiger charge is 2.03. The lowest BCUT2D eigenvalue weighted by Gasteiger charge is -2.07. The number of nitrogens with one attached hydrogen (secondary N) is 1. The third kappa shape index (κ3) is 5.34. The maximum atomic E-state index is 5.87. The first-order valence-corrected chi connectivity index (χ1v) is 7.29. The molecule has 6 nitrogen and oxygen atoms in total. The van der Waals surface area contributed by atoms with Gasteiger partial charge in [-0.2, -0.15) is 0 Å². The molecule has 0 fully saturated rings. The van der Waals surface area contributed by atoms with E-state index in [0.717, 1.165) is 22.3 Å². The maximum absolute atomic E-state index is 5.87. The molecule has 0 saturated heterocycles. The maximum Gasteiger partial charge on any atom is 0.193 e. The van der Waals surface area contributed by atoms with Crippen LogP contribution in [-0.4, -0.2) is 32.1 Å². The van der Waals surface area contributed by atoms with Crippen molar-refractivity contribution in [3.05, 3.63) is 35.3 Å². The number of halogens is 1. The molecule has 0 radical (unpaired) electrons. The molecule has 1 aromatic heterocycles. The van der Waals surface area contributed by atoms with Crippen LogP contribution < -0.4 is 20.7 Å². The number of rotatable bonds is 5. The zero-order valence-corrected chi connectivity index (χ0v) is 15.9. The first-order chi connectivity index (χ1) is 10.1. The summed E-state index contributed by atoms with van der Waals surface area (Å²) in [6.45, 7) is 0.452. The van der Waals surface area contributed by atoms with Gasteiger partial charge in [0.1, 0.15) is 5.75 Å². The van der Waals surface area contributed by atoms with E-state index in [1.165, 1.54) is 0 Å². The zero-order valence-electron chi connectivity index (χ0n) is 12.7. The Bertz CT molecular complexity index is 629. The molecule has 0 bridgehead atoms. The molecule has 22 heavy (non-hydrogen) atoms. The second-order valence-corrected chi connectivity index (χ2v) is 5.41. The van der Waals surface area contributed by atoms with Crippen molar-refractivity contribution in [2.24, 2.45) is 10.7 Å². The molecule has 3 N–H and O–H groups in total. The standard InChI is InChI=1S/C14H19N5OS.HI/c1-19(2)14-18-11(9-21-14)8-16-13(15)17-10-5-4-6-12(7-10)20-3;/h4-7,9H,8H2,1-3H3,(H3,15,16,17);1H. The summed E-state index contributed by atoms with van der Waals surface area (Å²) in [5.41, 5.74) is 7.61. The lowest BCUT2D eigenvalue weighted by molar-refractivity contribution is 0.415. The normalized spacial score (nSPS) is 10.8. The van der Waals surface area contributed by atoms with Crippen LogP contribution in [0.15, 0.2) is 34.6 Å². The molecule has 0 aliphatic carbocycles. The Morgan fingerprint density at radius 1 is 1.45 bits per heavy atom. The minimum atomic E-state index is 0. The predicted octanol–water partition coefficient (Wildman–Crippen LogP) is 2.76. The fourth-order valence-electron chi connectivity index (χ4n) is 1.63. The van der Waals surface area contributed by atoms with Gasteiger partial charge in [0.15, 0.2) is 11.1 Å². The van der Waals surface area contributed by atoms with Crippen LogP contribution in [0.4, 0.5) is 10.8 Å². The van der Waals surface area contributed by atoms with Crippen LogP contribution in [0.2, 0.25) is 0 Å². The Morgan fingerprint density at radius 2 is 2.23 bits per heavy atom. The lowest BCUT2D eigenvalue weighted by Crippen LogP contribution is -2.22. The summed E-state index contributed by atoms with van der Waals surface area (Å²) < 4.78 is 5.16. The summed E-state index contributed by atoms with van der Waals surface area (Å²) in [5.74, 6) is 1.12. The highest BCUT2D eigenvalue weighted by molar-refractivity contribution is 14.0. The third-order valence-electron chi connectivity index (χ3n) is 2.68. The van der Waals surface area contributed by atoms with Gasteiger partial charge in [-0.1, -0.05) is 6.07 Å². The van der Waals surface area contributed by atoms with Gasteiger partial charge in [0, 0.05) is 31.2 Å². The monoisotopic (exact) mass is 433 g/mol. The minimum absolute atomic E-state index is 0. The number of hydrogen-bond donors (Lipinski definition) is 2. The third-order valence-corrected chi connectivity index (χ3v) is 3.73. The quantitative estimate of drug-likeness (QED) is 0.431. The summed E-state index contributed by atoms with van der Waals surface area (Å²) in [6.07, 6.45) is 0. The molecular weight excluding hydrogens is 413 g/mol. The minimum Gasteiger partial charge on any atom is -0.497 e. The molecule has 0 aliphatic rings. The molecule has 2 rings (SSSR count). The van der Waals surface area contributed by atoms with Crippen molar-refractivity contribution in [2.75, 3.05) is 31.4 Å². The molecule has 1 aromatic carbocycles. The van der Waals surface area contributed by atoms with Gasteiger partial charge in [-0.05, 0) is 12.1 Å². The summed E-state index contributed by atoms with van der Waals surface area (Å²) in [4.78, 5) is 10.7. The fraction of sp³-hybridized carbons (Fsp3) is 0.286. The zero-order chi connectivity index (χ0) is 15.2. The molecular formula is C14H20IN5OS. The van der Waals surface area contributed by atoms with Gasteiger partial charge in [0.05, 0.1) is 19.3 Å². The topological polar surface area (TPSA) is 75.8 Å². The largest absolute Gasteiger partial charge is 0.497 e. The number of benzene rings is 1. The van der Waals surface area contributed by atoms with E-state index in [-0.39, 0.29) is 24.0 Å². The number of guanidine groups is 1. The molecule has 1 heterocycles. The van der Waals surface area contributed by atoms with Gasteiger partial charge in [-0.15, -0.1) is 35.3 Å². The van der Waals surface area contributed by atoms with Gasteiger partial charge in [0.25, 0.3) is 0 Å². The number of methoxy groups -OCH3 is 1. The van der Waals surface area contributed by atoms with Crippen molar-refractivity contribution in [2.45, 2.75) is 6.54 Å². The van der Waals surface area contributed by atoms with Gasteiger partial charge < -0.3 is 20.7 Å². The first-order valence-electron chi connectivity index (χ1n) is 6.41. The van der Waals surface area contributed by atoms with Crippen molar-refractivity contribution >= 4 is 52.1 Å². The Balaban J connectivity index is 0.00000242. The molecule has 8 heteroatoms. The average Bonchev–Trinajstić information content (AvgIpc) is 2.94. The molecule has 0 aliphatic heterocycles. The van der Waals surface area contributed by atoms with Crippen molar-refractivity contribution in [3.8, 4) is 5.75 Å². The Kier molecular flexibility index (Phi) is 7.39. The van der Waals surface area contributed by atoms with Gasteiger partial charge in [-0.25, -0.2) is 9.98 Å². The van der Waals surface area contributed by atoms with Gasteiger partial charge in [0.2, 0.25) is 0 Å². The van der Waals surface area contributed by atoms with Crippen LogP contribution >= 0.6 is 35.3 Å². The lowest BCUT2D eigenvalue weighted by atomic mass is 10.3. The molecule has 0 saturated carbocycles. The number of aromatic nitrogens is 1. The molecule has 0 unspecified atom stereocenters. The molecule has 0 amide bonds. The van der Waals surface area contributed by atoms with E-state index in [2.05, 4.69) is 15.3 Å².